The summed E-state index contributed by atoms with van der Waals surface area (Å²) in [5.74, 6) is 0.858. The maximum Gasteiger partial charge on any atom is 0.226 e. The second-order valence-corrected chi connectivity index (χ2v) is 5.15. The molecule has 4 nitrogen and oxygen atoms in total. The fourth-order valence-corrected chi connectivity index (χ4v) is 2.51. The van der Waals surface area contributed by atoms with Crippen LogP contribution in [0.5, 0.6) is 0 Å². The summed E-state index contributed by atoms with van der Waals surface area (Å²) in [6.45, 7) is 1.68. The van der Waals surface area contributed by atoms with Crippen LogP contribution in [0, 0.1) is 0 Å². The molecule has 2 aromatic rings. The van der Waals surface area contributed by atoms with Crippen molar-refractivity contribution in [2.75, 3.05) is 18.0 Å². The first-order valence-corrected chi connectivity index (χ1v) is 7.07. The minimum Gasteiger partial charge on any atom is -0.338 e. The Kier molecular flexibility index (Phi) is 3.60. The molecule has 1 heterocycles. The first-order valence-electron chi connectivity index (χ1n) is 7.07. The van der Waals surface area contributed by atoms with Crippen molar-refractivity contribution >= 4 is 16.9 Å². The molecule has 0 spiro atoms. The average molecular weight is 256 g/mol. The Bertz CT molecular complexity index is 551. The Morgan fingerprint density at radius 1 is 1.26 bits per heavy atom. The smallest absolute Gasteiger partial charge is 0.226 e. The Morgan fingerprint density at radius 2 is 2.11 bits per heavy atom. The van der Waals surface area contributed by atoms with Crippen LogP contribution in [-0.2, 0) is 0 Å². The van der Waals surface area contributed by atoms with E-state index in [1.807, 2.05) is 30.5 Å². The SMILES string of the molecule is NCCCN(c1ncc2ccccc2n1)C1CCC1. The second kappa shape index (κ2) is 5.53. The van der Waals surface area contributed by atoms with Gasteiger partial charge in [0.2, 0.25) is 5.95 Å². The van der Waals surface area contributed by atoms with Gasteiger partial charge in [-0.2, -0.15) is 0 Å². The number of hydrogen-bond acceptors (Lipinski definition) is 4. The average Bonchev–Trinajstić information content (AvgIpc) is 2.40. The zero-order valence-corrected chi connectivity index (χ0v) is 11.1. The van der Waals surface area contributed by atoms with Crippen molar-refractivity contribution < 1.29 is 0 Å². The van der Waals surface area contributed by atoms with Crippen molar-refractivity contribution in [3.63, 3.8) is 0 Å². The fourth-order valence-electron chi connectivity index (χ4n) is 2.51. The van der Waals surface area contributed by atoms with Gasteiger partial charge in [-0.15, -0.1) is 0 Å². The van der Waals surface area contributed by atoms with Crippen LogP contribution < -0.4 is 10.6 Å². The molecule has 0 amide bonds. The van der Waals surface area contributed by atoms with E-state index in [0.717, 1.165) is 36.4 Å². The normalized spacial score (nSPS) is 15.4. The van der Waals surface area contributed by atoms with Gasteiger partial charge in [0.1, 0.15) is 0 Å². The predicted molar refractivity (Wildman–Crippen MR) is 78.2 cm³/mol. The lowest BCUT2D eigenvalue weighted by Crippen LogP contribution is -2.42. The van der Waals surface area contributed by atoms with Crippen molar-refractivity contribution in [3.8, 4) is 0 Å². The van der Waals surface area contributed by atoms with Gasteiger partial charge < -0.3 is 10.6 Å². The molecule has 100 valence electrons. The molecular weight excluding hydrogens is 236 g/mol. The Hall–Kier alpha value is -1.68. The zero-order valence-electron chi connectivity index (χ0n) is 11.1. The van der Waals surface area contributed by atoms with Gasteiger partial charge in [-0.25, -0.2) is 9.97 Å². The largest absolute Gasteiger partial charge is 0.338 e. The number of para-hydroxylation sites is 1. The van der Waals surface area contributed by atoms with Crippen molar-refractivity contribution in [3.05, 3.63) is 30.5 Å². The Labute approximate surface area is 113 Å². The van der Waals surface area contributed by atoms with E-state index in [0.29, 0.717) is 6.04 Å². The van der Waals surface area contributed by atoms with E-state index in [4.69, 9.17) is 10.7 Å². The third-order valence-corrected chi connectivity index (χ3v) is 3.85. The number of fused-ring (bicyclic) bond motifs is 1. The van der Waals surface area contributed by atoms with Gasteiger partial charge in [0, 0.05) is 24.2 Å². The third kappa shape index (κ3) is 2.54. The van der Waals surface area contributed by atoms with Crippen LogP contribution in [0.25, 0.3) is 10.9 Å². The van der Waals surface area contributed by atoms with Crippen molar-refractivity contribution in [2.24, 2.45) is 5.73 Å². The maximum atomic E-state index is 5.64. The van der Waals surface area contributed by atoms with E-state index in [9.17, 15) is 0 Å². The van der Waals surface area contributed by atoms with Crippen LogP contribution in [0.1, 0.15) is 25.7 Å². The van der Waals surface area contributed by atoms with Crippen molar-refractivity contribution in [1.29, 1.82) is 0 Å². The molecular formula is C15H20N4. The molecule has 0 saturated heterocycles. The molecule has 0 unspecified atom stereocenters. The molecule has 3 rings (SSSR count). The van der Waals surface area contributed by atoms with Crippen molar-refractivity contribution in [1.82, 2.24) is 9.97 Å². The summed E-state index contributed by atoms with van der Waals surface area (Å²) in [4.78, 5) is 11.6. The van der Waals surface area contributed by atoms with Crippen LogP contribution in [0.4, 0.5) is 5.95 Å². The summed E-state index contributed by atoms with van der Waals surface area (Å²) >= 11 is 0. The van der Waals surface area contributed by atoms with Gasteiger partial charge in [-0.1, -0.05) is 18.2 Å². The molecule has 0 bridgehead atoms. The summed E-state index contributed by atoms with van der Waals surface area (Å²) in [7, 11) is 0. The fraction of sp³-hybridized carbons (Fsp3) is 0.467. The lowest BCUT2D eigenvalue weighted by molar-refractivity contribution is 0.380. The second-order valence-electron chi connectivity index (χ2n) is 5.15. The van der Waals surface area contributed by atoms with Gasteiger partial charge in [0.15, 0.2) is 0 Å². The number of nitrogens with two attached hydrogens (primary N) is 1. The van der Waals surface area contributed by atoms with Crippen LogP contribution in [-0.4, -0.2) is 29.1 Å². The lowest BCUT2D eigenvalue weighted by Gasteiger charge is -2.37. The summed E-state index contributed by atoms with van der Waals surface area (Å²) in [5.41, 5.74) is 6.66. The molecule has 0 aliphatic heterocycles. The topological polar surface area (TPSA) is 55.0 Å². The highest BCUT2D eigenvalue weighted by Crippen LogP contribution is 2.28. The van der Waals surface area contributed by atoms with Gasteiger partial charge in [0.05, 0.1) is 5.52 Å². The molecule has 1 saturated carbocycles. The number of nitrogens with zero attached hydrogens (tertiary/aromatic N) is 3. The van der Waals surface area contributed by atoms with Crippen LogP contribution in [0.3, 0.4) is 0 Å². The van der Waals surface area contributed by atoms with Crippen LogP contribution in [0.2, 0.25) is 0 Å². The molecule has 1 fully saturated rings. The Morgan fingerprint density at radius 3 is 2.84 bits per heavy atom. The highest BCUT2D eigenvalue weighted by molar-refractivity contribution is 5.78. The van der Waals surface area contributed by atoms with Crippen LogP contribution in [0.15, 0.2) is 30.5 Å². The molecule has 1 aromatic carbocycles. The maximum absolute atomic E-state index is 5.64. The molecule has 1 aliphatic rings. The van der Waals surface area contributed by atoms with E-state index >= 15 is 0 Å². The highest BCUT2D eigenvalue weighted by atomic mass is 15.3. The molecule has 1 aromatic heterocycles. The predicted octanol–water partition coefficient (Wildman–Crippen LogP) is 2.34. The van der Waals surface area contributed by atoms with E-state index in [2.05, 4.69) is 9.88 Å². The summed E-state index contributed by atoms with van der Waals surface area (Å²) < 4.78 is 0. The van der Waals surface area contributed by atoms with E-state index in [-0.39, 0.29) is 0 Å². The molecule has 4 heteroatoms. The highest BCUT2D eigenvalue weighted by Gasteiger charge is 2.26. The molecule has 0 atom stereocenters. The van der Waals surface area contributed by atoms with E-state index < -0.39 is 0 Å². The lowest BCUT2D eigenvalue weighted by atomic mass is 9.91. The first-order chi connectivity index (χ1) is 9.38. The summed E-state index contributed by atoms with van der Waals surface area (Å²) in [6, 6.07) is 8.73. The monoisotopic (exact) mass is 256 g/mol. The molecule has 0 radical (unpaired) electrons. The third-order valence-electron chi connectivity index (χ3n) is 3.85. The molecule has 1 aliphatic carbocycles. The molecule has 19 heavy (non-hydrogen) atoms. The van der Waals surface area contributed by atoms with Crippen LogP contribution >= 0.6 is 0 Å². The number of anilines is 1. The van der Waals surface area contributed by atoms with Crippen molar-refractivity contribution in [2.45, 2.75) is 31.7 Å². The Balaban J connectivity index is 1.89. The number of rotatable bonds is 5. The molecule has 2 N–H and O–H groups in total. The summed E-state index contributed by atoms with van der Waals surface area (Å²) in [5, 5.41) is 1.10. The van der Waals surface area contributed by atoms with E-state index in [1.165, 1.54) is 19.3 Å². The first kappa shape index (κ1) is 12.4. The van der Waals surface area contributed by atoms with Gasteiger partial charge >= 0.3 is 0 Å². The zero-order chi connectivity index (χ0) is 13.1. The number of benzene rings is 1. The standard InChI is InChI=1S/C15H20N4/c16-9-4-10-19(13-6-3-7-13)15-17-11-12-5-1-2-8-14(12)18-15/h1-2,5,8,11,13H,3-4,6-7,9-10,16H2. The van der Waals surface area contributed by atoms with Gasteiger partial charge in [0.25, 0.3) is 0 Å². The summed E-state index contributed by atoms with van der Waals surface area (Å²) in [6.07, 6.45) is 6.73. The number of aromatic nitrogens is 2. The minimum atomic E-state index is 0.604. The van der Waals surface area contributed by atoms with Gasteiger partial charge in [-0.05, 0) is 38.3 Å². The number of hydrogen-bond donors (Lipinski definition) is 1. The van der Waals surface area contributed by atoms with Gasteiger partial charge in [-0.3, -0.25) is 0 Å². The minimum absolute atomic E-state index is 0.604. The van der Waals surface area contributed by atoms with E-state index in [1.54, 1.807) is 0 Å². The quantitative estimate of drug-likeness (QED) is 0.892.